The fourth-order valence-corrected chi connectivity index (χ4v) is 3.68. The molecule has 0 aliphatic carbocycles. The quantitative estimate of drug-likeness (QED) is 0.763. The zero-order chi connectivity index (χ0) is 16.4. The first-order valence-electron chi connectivity index (χ1n) is 7.69. The second-order valence-corrected chi connectivity index (χ2v) is 7.00. The lowest BCUT2D eigenvalue weighted by molar-refractivity contribution is -0.138. The standard InChI is InChI=1S/C16H18BrF3N2O/c17-15-9-14(23-21-15)11-5-7-22(8-6-11)10-12-3-1-2-4-13(12)16(18,19)20/h1-4,11,14H,5-10H2/t14-/m1/s1. The van der Waals surface area contributed by atoms with Crippen molar-refractivity contribution < 1.29 is 18.0 Å². The molecular weight excluding hydrogens is 373 g/mol. The molecule has 0 saturated carbocycles. The molecule has 1 atom stereocenters. The van der Waals surface area contributed by atoms with E-state index in [9.17, 15) is 13.2 Å². The van der Waals surface area contributed by atoms with Crippen LogP contribution in [0.3, 0.4) is 0 Å². The van der Waals surface area contributed by atoms with E-state index in [2.05, 4.69) is 26.0 Å². The largest absolute Gasteiger partial charge is 0.416 e. The lowest BCUT2D eigenvalue weighted by atomic mass is 9.89. The number of hydrogen-bond acceptors (Lipinski definition) is 3. The summed E-state index contributed by atoms with van der Waals surface area (Å²) in [5, 5.41) is 3.91. The van der Waals surface area contributed by atoms with E-state index in [1.807, 2.05) is 0 Å². The van der Waals surface area contributed by atoms with Gasteiger partial charge >= 0.3 is 6.18 Å². The van der Waals surface area contributed by atoms with Gasteiger partial charge in [0.2, 0.25) is 0 Å². The maximum atomic E-state index is 13.1. The average Bonchev–Trinajstić information content (AvgIpc) is 2.94. The number of rotatable bonds is 3. The van der Waals surface area contributed by atoms with E-state index >= 15 is 0 Å². The summed E-state index contributed by atoms with van der Waals surface area (Å²) in [4.78, 5) is 7.49. The van der Waals surface area contributed by atoms with Crippen LogP contribution in [-0.4, -0.2) is 28.7 Å². The van der Waals surface area contributed by atoms with Crippen molar-refractivity contribution in [3.05, 3.63) is 35.4 Å². The highest BCUT2D eigenvalue weighted by Gasteiger charge is 2.35. The molecule has 0 unspecified atom stereocenters. The third kappa shape index (κ3) is 4.07. The molecule has 1 fully saturated rings. The highest BCUT2D eigenvalue weighted by molar-refractivity contribution is 9.18. The Bertz CT molecular complexity index is 583. The van der Waals surface area contributed by atoms with Gasteiger partial charge in [0.1, 0.15) is 10.7 Å². The van der Waals surface area contributed by atoms with Crippen molar-refractivity contribution in [1.29, 1.82) is 0 Å². The molecule has 7 heteroatoms. The Kier molecular flexibility index (Phi) is 4.96. The molecule has 0 spiro atoms. The Labute approximate surface area is 141 Å². The van der Waals surface area contributed by atoms with E-state index in [1.54, 1.807) is 12.1 Å². The Morgan fingerprint density at radius 2 is 1.91 bits per heavy atom. The smallest absolute Gasteiger partial charge is 0.391 e. The van der Waals surface area contributed by atoms with Crippen molar-refractivity contribution in [2.24, 2.45) is 11.1 Å². The number of likely N-dealkylation sites (tertiary alicyclic amines) is 1. The van der Waals surface area contributed by atoms with Gasteiger partial charge in [0.15, 0.2) is 0 Å². The van der Waals surface area contributed by atoms with Gasteiger partial charge in [0.05, 0.1) is 5.56 Å². The lowest BCUT2D eigenvalue weighted by Crippen LogP contribution is -2.37. The maximum Gasteiger partial charge on any atom is 0.416 e. The number of halogens is 4. The van der Waals surface area contributed by atoms with E-state index in [-0.39, 0.29) is 6.10 Å². The average molecular weight is 391 g/mol. The molecule has 2 heterocycles. The molecule has 2 aliphatic rings. The van der Waals surface area contributed by atoms with E-state index in [0.717, 1.165) is 43.0 Å². The van der Waals surface area contributed by atoms with Crippen LogP contribution in [0, 0.1) is 5.92 Å². The Morgan fingerprint density at radius 3 is 2.52 bits per heavy atom. The maximum absolute atomic E-state index is 13.1. The van der Waals surface area contributed by atoms with Crippen molar-refractivity contribution in [2.45, 2.75) is 38.1 Å². The second-order valence-electron chi connectivity index (χ2n) is 6.08. The minimum Gasteiger partial charge on any atom is -0.391 e. The zero-order valence-electron chi connectivity index (χ0n) is 12.5. The van der Waals surface area contributed by atoms with E-state index in [1.165, 1.54) is 6.07 Å². The summed E-state index contributed by atoms with van der Waals surface area (Å²) < 4.78 is 40.0. The normalized spacial score (nSPS) is 23.7. The SMILES string of the molecule is FC(F)(F)c1ccccc1CN1CCC([C@H]2CC(Br)=NO2)CC1. The fraction of sp³-hybridized carbons (Fsp3) is 0.562. The number of nitrogens with zero attached hydrogens (tertiary/aromatic N) is 2. The van der Waals surface area contributed by atoms with Crippen LogP contribution in [0.1, 0.15) is 30.4 Å². The number of benzene rings is 1. The summed E-state index contributed by atoms with van der Waals surface area (Å²) in [6.45, 7) is 1.91. The van der Waals surface area contributed by atoms with E-state index < -0.39 is 11.7 Å². The minimum atomic E-state index is -4.30. The van der Waals surface area contributed by atoms with Gasteiger partial charge in [-0.15, -0.1) is 0 Å². The molecule has 2 aliphatic heterocycles. The lowest BCUT2D eigenvalue weighted by Gasteiger charge is -2.34. The molecule has 0 bridgehead atoms. The predicted octanol–water partition coefficient (Wildman–Crippen LogP) is 4.41. The van der Waals surface area contributed by atoms with Crippen LogP contribution in [-0.2, 0) is 17.6 Å². The molecule has 1 saturated heterocycles. The van der Waals surface area contributed by atoms with Crippen LogP contribution in [0.15, 0.2) is 29.4 Å². The van der Waals surface area contributed by atoms with Gasteiger partial charge in [-0.05, 0) is 53.5 Å². The van der Waals surface area contributed by atoms with Gasteiger partial charge in [-0.2, -0.15) is 13.2 Å². The van der Waals surface area contributed by atoms with Crippen molar-refractivity contribution in [1.82, 2.24) is 4.90 Å². The molecule has 3 rings (SSSR count). The molecule has 0 N–H and O–H groups in total. The minimum absolute atomic E-state index is 0.106. The molecule has 0 radical (unpaired) electrons. The molecule has 3 nitrogen and oxygen atoms in total. The summed E-state index contributed by atoms with van der Waals surface area (Å²) in [6, 6.07) is 5.83. The second kappa shape index (κ2) is 6.81. The first kappa shape index (κ1) is 16.8. The van der Waals surface area contributed by atoms with E-state index in [0.29, 0.717) is 18.0 Å². The van der Waals surface area contributed by atoms with Gasteiger partial charge in [-0.3, -0.25) is 4.90 Å². The van der Waals surface area contributed by atoms with Gasteiger partial charge in [0.25, 0.3) is 0 Å². The third-order valence-corrected chi connectivity index (χ3v) is 5.00. The van der Waals surface area contributed by atoms with Crippen LogP contribution < -0.4 is 0 Å². The van der Waals surface area contributed by atoms with Crippen LogP contribution in [0.25, 0.3) is 0 Å². The van der Waals surface area contributed by atoms with Crippen LogP contribution in [0.2, 0.25) is 0 Å². The Balaban J connectivity index is 1.57. The summed E-state index contributed by atoms with van der Waals surface area (Å²) in [5.41, 5.74) is -0.180. The number of alkyl halides is 3. The van der Waals surface area contributed by atoms with Crippen molar-refractivity contribution in [3.63, 3.8) is 0 Å². The number of oxime groups is 1. The number of hydrogen-bond donors (Lipinski definition) is 0. The summed E-state index contributed by atoms with van der Waals surface area (Å²) in [7, 11) is 0. The number of piperidine rings is 1. The van der Waals surface area contributed by atoms with Crippen molar-refractivity contribution >= 4 is 20.6 Å². The molecule has 0 amide bonds. The summed E-state index contributed by atoms with van der Waals surface area (Å²) in [5.74, 6) is 0.419. The van der Waals surface area contributed by atoms with Gasteiger partial charge in [0, 0.05) is 18.9 Å². The topological polar surface area (TPSA) is 24.8 Å². The monoisotopic (exact) mass is 390 g/mol. The van der Waals surface area contributed by atoms with Gasteiger partial charge in [-0.25, -0.2) is 0 Å². The van der Waals surface area contributed by atoms with Crippen molar-refractivity contribution in [2.75, 3.05) is 13.1 Å². The van der Waals surface area contributed by atoms with E-state index in [4.69, 9.17) is 4.84 Å². The molecule has 0 aromatic heterocycles. The zero-order valence-corrected chi connectivity index (χ0v) is 14.1. The fourth-order valence-electron chi connectivity index (χ4n) is 3.28. The van der Waals surface area contributed by atoms with Gasteiger partial charge in [-0.1, -0.05) is 23.4 Å². The Morgan fingerprint density at radius 1 is 1.22 bits per heavy atom. The van der Waals surface area contributed by atoms with Gasteiger partial charge < -0.3 is 4.84 Å². The molecular formula is C16H18BrF3N2O. The molecule has 126 valence electrons. The van der Waals surface area contributed by atoms with Crippen LogP contribution in [0.4, 0.5) is 13.2 Å². The first-order chi connectivity index (χ1) is 10.9. The third-order valence-electron chi connectivity index (χ3n) is 4.53. The highest BCUT2D eigenvalue weighted by Crippen LogP contribution is 2.34. The predicted molar refractivity (Wildman–Crippen MR) is 85.3 cm³/mol. The Hall–Kier alpha value is -1.08. The molecule has 23 heavy (non-hydrogen) atoms. The first-order valence-corrected chi connectivity index (χ1v) is 8.48. The highest BCUT2D eigenvalue weighted by atomic mass is 79.9. The van der Waals surface area contributed by atoms with Crippen LogP contribution >= 0.6 is 15.9 Å². The molecule has 1 aromatic carbocycles. The molecule has 1 aromatic rings. The van der Waals surface area contributed by atoms with Crippen LogP contribution in [0.5, 0.6) is 0 Å². The summed E-state index contributed by atoms with van der Waals surface area (Å²) in [6.07, 6.45) is -1.55. The summed E-state index contributed by atoms with van der Waals surface area (Å²) >= 11 is 3.34. The van der Waals surface area contributed by atoms with Crippen molar-refractivity contribution in [3.8, 4) is 0 Å².